The van der Waals surface area contributed by atoms with Crippen LogP contribution >= 0.6 is 15.9 Å². The molecule has 0 amide bonds. The lowest BCUT2D eigenvalue weighted by Gasteiger charge is -2.03. The van der Waals surface area contributed by atoms with E-state index >= 15 is 0 Å². The third-order valence-electron chi connectivity index (χ3n) is 2.67. The monoisotopic (exact) mass is 340 g/mol. The Kier molecular flexibility index (Phi) is 3.84. The first-order chi connectivity index (χ1) is 9.45. The largest absolute Gasteiger partial charge is 0.465 e. The maximum Gasteiger partial charge on any atom is 0.343 e. The van der Waals surface area contributed by atoms with Crippen molar-refractivity contribution in [2.24, 2.45) is 0 Å². The molecule has 1 aromatic heterocycles. The Morgan fingerprint density at radius 1 is 1.50 bits per heavy atom. The van der Waals surface area contributed by atoms with Gasteiger partial charge in [-0.05, 0) is 28.9 Å². The lowest BCUT2D eigenvalue weighted by Crippen LogP contribution is -2.03. The topological polar surface area (TPSA) is 95.5 Å². The summed E-state index contributed by atoms with van der Waals surface area (Å²) < 4.78 is 10.1. The van der Waals surface area contributed by atoms with E-state index in [1.807, 2.05) is 0 Å². The maximum absolute atomic E-state index is 11.7. The van der Waals surface area contributed by atoms with E-state index in [0.717, 1.165) is 0 Å². The predicted octanol–water partition coefficient (Wildman–Crippen LogP) is 3.11. The summed E-state index contributed by atoms with van der Waals surface area (Å²) in [5.41, 5.74) is 0.909. The molecule has 2 rings (SSSR count). The number of carbonyl (C=O) groups excluding carboxylic acids is 1. The smallest absolute Gasteiger partial charge is 0.343 e. The second-order valence-electron chi connectivity index (χ2n) is 3.88. The number of carbonyl (C=O) groups is 1. The molecule has 20 heavy (non-hydrogen) atoms. The molecule has 0 bridgehead atoms. The van der Waals surface area contributed by atoms with Crippen LogP contribution in [0.15, 0.2) is 27.2 Å². The van der Waals surface area contributed by atoms with E-state index in [2.05, 4.69) is 25.8 Å². The molecule has 0 saturated heterocycles. The van der Waals surface area contributed by atoms with Crippen LogP contribution in [-0.2, 0) is 4.74 Å². The summed E-state index contributed by atoms with van der Waals surface area (Å²) in [6, 6.07) is 4.15. The molecule has 0 saturated carbocycles. The van der Waals surface area contributed by atoms with Gasteiger partial charge in [0.15, 0.2) is 0 Å². The van der Waals surface area contributed by atoms with Crippen molar-refractivity contribution in [1.82, 2.24) is 5.16 Å². The van der Waals surface area contributed by atoms with Crippen LogP contribution in [0.4, 0.5) is 5.69 Å². The second-order valence-corrected chi connectivity index (χ2v) is 4.73. The first-order valence-corrected chi connectivity index (χ1v) is 6.24. The first-order valence-electron chi connectivity index (χ1n) is 5.44. The molecule has 0 spiro atoms. The standard InChI is InChI=1S/C12H9BrN2O5/c1-6-10(12(16)19-2)11(14-20-6)8-4-3-7(15(17)18)5-9(8)13/h3-5H,1-2H3. The number of esters is 1. The predicted molar refractivity (Wildman–Crippen MR) is 72.4 cm³/mol. The lowest BCUT2D eigenvalue weighted by molar-refractivity contribution is -0.384. The second kappa shape index (κ2) is 5.41. The number of hydrogen-bond donors (Lipinski definition) is 0. The van der Waals surface area contributed by atoms with Gasteiger partial charge < -0.3 is 9.26 Å². The van der Waals surface area contributed by atoms with Crippen molar-refractivity contribution in [3.05, 3.63) is 44.1 Å². The lowest BCUT2D eigenvalue weighted by atomic mass is 10.1. The van der Waals surface area contributed by atoms with E-state index in [-0.39, 0.29) is 16.9 Å². The van der Waals surface area contributed by atoms with Crippen molar-refractivity contribution in [3.63, 3.8) is 0 Å². The molecule has 0 radical (unpaired) electrons. The van der Waals surface area contributed by atoms with E-state index in [0.29, 0.717) is 15.8 Å². The van der Waals surface area contributed by atoms with E-state index in [1.165, 1.54) is 25.3 Å². The molecule has 8 heteroatoms. The molecular formula is C12H9BrN2O5. The van der Waals surface area contributed by atoms with Gasteiger partial charge in [-0.2, -0.15) is 0 Å². The average Bonchev–Trinajstić information content (AvgIpc) is 2.79. The van der Waals surface area contributed by atoms with Gasteiger partial charge in [0.2, 0.25) is 0 Å². The van der Waals surface area contributed by atoms with Crippen molar-refractivity contribution in [2.75, 3.05) is 7.11 Å². The molecule has 7 nitrogen and oxygen atoms in total. The fourth-order valence-corrected chi connectivity index (χ4v) is 2.26. The number of aryl methyl sites for hydroxylation is 1. The third-order valence-corrected chi connectivity index (χ3v) is 3.33. The molecule has 0 aliphatic heterocycles. The molecule has 1 heterocycles. The highest BCUT2D eigenvalue weighted by molar-refractivity contribution is 9.10. The highest BCUT2D eigenvalue weighted by Gasteiger charge is 2.24. The van der Waals surface area contributed by atoms with Gasteiger partial charge in [-0.1, -0.05) is 5.16 Å². The molecule has 2 aromatic rings. The first kappa shape index (κ1) is 14.2. The molecule has 0 fully saturated rings. The van der Waals surface area contributed by atoms with Crippen molar-refractivity contribution in [1.29, 1.82) is 0 Å². The minimum absolute atomic E-state index is 0.0690. The van der Waals surface area contributed by atoms with Gasteiger partial charge in [0.25, 0.3) is 5.69 Å². The quantitative estimate of drug-likeness (QED) is 0.484. The Bertz CT molecular complexity index is 695. The molecular weight excluding hydrogens is 332 g/mol. The van der Waals surface area contributed by atoms with E-state index in [4.69, 9.17) is 4.52 Å². The SMILES string of the molecule is COC(=O)c1c(-c2ccc([N+](=O)[O-])cc2Br)noc1C. The normalized spacial score (nSPS) is 10.3. The summed E-state index contributed by atoms with van der Waals surface area (Å²) >= 11 is 3.23. The fourth-order valence-electron chi connectivity index (χ4n) is 1.71. The third kappa shape index (κ3) is 2.42. The number of halogens is 1. The number of non-ortho nitro benzene ring substituents is 1. The summed E-state index contributed by atoms with van der Waals surface area (Å²) in [6.45, 7) is 1.59. The molecule has 0 unspecified atom stereocenters. The van der Waals surface area contributed by atoms with Crippen LogP contribution in [0.1, 0.15) is 16.1 Å². The maximum atomic E-state index is 11.7. The van der Waals surface area contributed by atoms with Gasteiger partial charge in [-0.15, -0.1) is 0 Å². The molecule has 104 valence electrons. The highest BCUT2D eigenvalue weighted by atomic mass is 79.9. The molecule has 0 aliphatic rings. The van der Waals surface area contributed by atoms with Gasteiger partial charge in [-0.3, -0.25) is 10.1 Å². The van der Waals surface area contributed by atoms with Crippen LogP contribution in [0.3, 0.4) is 0 Å². The number of nitro groups is 1. The summed E-state index contributed by atoms with van der Waals surface area (Å²) in [4.78, 5) is 21.9. The van der Waals surface area contributed by atoms with Crippen LogP contribution < -0.4 is 0 Å². The zero-order valence-electron chi connectivity index (χ0n) is 10.5. The summed E-state index contributed by atoms with van der Waals surface area (Å²) in [5, 5.41) is 14.5. The van der Waals surface area contributed by atoms with Gasteiger partial charge in [-0.25, -0.2) is 4.79 Å². The van der Waals surface area contributed by atoms with Crippen LogP contribution in [0.2, 0.25) is 0 Å². The van der Waals surface area contributed by atoms with Crippen molar-refractivity contribution in [2.45, 2.75) is 6.92 Å². The van der Waals surface area contributed by atoms with Gasteiger partial charge in [0.1, 0.15) is 17.0 Å². The number of benzene rings is 1. The molecule has 1 aromatic carbocycles. The summed E-state index contributed by atoms with van der Waals surface area (Å²) in [6.07, 6.45) is 0. The van der Waals surface area contributed by atoms with E-state index in [1.54, 1.807) is 6.92 Å². The highest BCUT2D eigenvalue weighted by Crippen LogP contribution is 2.34. The minimum Gasteiger partial charge on any atom is -0.465 e. The average molecular weight is 341 g/mol. The van der Waals surface area contributed by atoms with Gasteiger partial charge in [0.05, 0.1) is 12.0 Å². The van der Waals surface area contributed by atoms with E-state index < -0.39 is 10.9 Å². The summed E-state index contributed by atoms with van der Waals surface area (Å²) in [7, 11) is 1.25. The van der Waals surface area contributed by atoms with Crippen LogP contribution in [0.25, 0.3) is 11.3 Å². The number of nitro benzene ring substituents is 1. The Balaban J connectivity index is 2.58. The van der Waals surface area contributed by atoms with Crippen molar-refractivity contribution >= 4 is 27.6 Å². The Morgan fingerprint density at radius 3 is 2.75 bits per heavy atom. The molecule has 0 aliphatic carbocycles. The number of hydrogen-bond acceptors (Lipinski definition) is 6. The van der Waals surface area contributed by atoms with Crippen molar-refractivity contribution in [3.8, 4) is 11.3 Å². The van der Waals surface area contributed by atoms with Crippen molar-refractivity contribution < 1.29 is 19.0 Å². The Hall–Kier alpha value is -2.22. The number of nitrogens with zero attached hydrogens (tertiary/aromatic N) is 2. The zero-order valence-corrected chi connectivity index (χ0v) is 12.1. The Morgan fingerprint density at radius 2 is 2.20 bits per heavy atom. The molecule has 0 N–H and O–H groups in total. The number of rotatable bonds is 3. The Labute approximate surface area is 121 Å². The van der Waals surface area contributed by atoms with Gasteiger partial charge in [0, 0.05) is 22.2 Å². The van der Waals surface area contributed by atoms with Crippen LogP contribution in [0, 0.1) is 17.0 Å². The number of methoxy groups -OCH3 is 1. The van der Waals surface area contributed by atoms with Crippen LogP contribution in [0.5, 0.6) is 0 Å². The number of aromatic nitrogens is 1. The van der Waals surface area contributed by atoms with E-state index in [9.17, 15) is 14.9 Å². The number of ether oxygens (including phenoxy) is 1. The zero-order chi connectivity index (χ0) is 14.9. The minimum atomic E-state index is -0.580. The van der Waals surface area contributed by atoms with Crippen LogP contribution in [-0.4, -0.2) is 23.2 Å². The summed E-state index contributed by atoms with van der Waals surface area (Å²) in [5.74, 6) is -0.263. The fraction of sp³-hybridized carbons (Fsp3) is 0.167. The van der Waals surface area contributed by atoms with Gasteiger partial charge >= 0.3 is 5.97 Å². The molecule has 0 atom stereocenters.